The molecule has 0 radical (unpaired) electrons. The second kappa shape index (κ2) is 7.87. The van der Waals surface area contributed by atoms with Gasteiger partial charge in [-0.15, -0.1) is 0 Å². The molecule has 1 aromatic rings. The fourth-order valence-corrected chi connectivity index (χ4v) is 4.20. The van der Waals surface area contributed by atoms with Crippen LogP contribution in [0.15, 0.2) is 0 Å². The number of aryl methyl sites for hydroxylation is 1. The zero-order chi connectivity index (χ0) is 17.1. The summed E-state index contributed by atoms with van der Waals surface area (Å²) in [4.78, 5) is 14.9. The molecule has 4 rings (SSSR count). The molecular formula is C19H29N3O3. The van der Waals surface area contributed by atoms with E-state index >= 15 is 0 Å². The number of aromatic nitrogens is 2. The van der Waals surface area contributed by atoms with E-state index in [1.165, 1.54) is 24.1 Å². The van der Waals surface area contributed by atoms with Crippen molar-refractivity contribution in [3.8, 4) is 0 Å². The largest absolute Gasteiger partial charge is 0.381 e. The number of piperidine rings is 1. The Morgan fingerprint density at radius 2 is 2.04 bits per heavy atom. The van der Waals surface area contributed by atoms with Crippen LogP contribution in [-0.4, -0.2) is 60.0 Å². The molecule has 6 heteroatoms. The third-order valence-electron chi connectivity index (χ3n) is 5.83. The minimum atomic E-state index is 0.0991. The van der Waals surface area contributed by atoms with Crippen molar-refractivity contribution in [3.63, 3.8) is 0 Å². The Labute approximate surface area is 149 Å². The first-order valence-corrected chi connectivity index (χ1v) is 9.86. The smallest absolute Gasteiger partial charge is 0.274 e. The van der Waals surface area contributed by atoms with E-state index in [0.29, 0.717) is 11.6 Å². The highest BCUT2D eigenvalue weighted by atomic mass is 16.5. The van der Waals surface area contributed by atoms with Crippen LogP contribution in [0.3, 0.4) is 0 Å². The maximum Gasteiger partial charge on any atom is 0.274 e. The van der Waals surface area contributed by atoms with Crippen molar-refractivity contribution in [1.29, 1.82) is 0 Å². The first kappa shape index (κ1) is 17.0. The molecule has 1 N–H and O–H groups in total. The van der Waals surface area contributed by atoms with Crippen molar-refractivity contribution in [2.45, 2.75) is 57.5 Å². The average Bonchev–Trinajstić information content (AvgIpc) is 3.25. The highest BCUT2D eigenvalue weighted by Gasteiger charge is 2.29. The minimum absolute atomic E-state index is 0.0991. The Hall–Kier alpha value is -1.40. The topological polar surface area (TPSA) is 67.5 Å². The summed E-state index contributed by atoms with van der Waals surface area (Å²) in [7, 11) is 0. The van der Waals surface area contributed by atoms with E-state index in [0.717, 1.165) is 71.4 Å². The van der Waals surface area contributed by atoms with Crippen LogP contribution < -0.4 is 0 Å². The van der Waals surface area contributed by atoms with Gasteiger partial charge >= 0.3 is 0 Å². The molecule has 138 valence electrons. The average molecular weight is 347 g/mol. The molecule has 25 heavy (non-hydrogen) atoms. The quantitative estimate of drug-likeness (QED) is 0.849. The molecule has 0 bridgehead atoms. The van der Waals surface area contributed by atoms with E-state index in [-0.39, 0.29) is 12.0 Å². The molecule has 3 heterocycles. The zero-order valence-corrected chi connectivity index (χ0v) is 15.0. The number of nitrogens with zero attached hydrogens (tertiary/aromatic N) is 2. The van der Waals surface area contributed by atoms with Gasteiger partial charge in [0.05, 0.1) is 19.3 Å². The Balaban J connectivity index is 1.30. The summed E-state index contributed by atoms with van der Waals surface area (Å²) in [5.74, 6) is 0.654. The number of nitrogens with one attached hydrogen (secondary N) is 1. The number of H-pyrrole nitrogens is 1. The van der Waals surface area contributed by atoms with E-state index in [9.17, 15) is 4.79 Å². The van der Waals surface area contributed by atoms with Gasteiger partial charge in [0.25, 0.3) is 5.91 Å². The molecule has 0 unspecified atom stereocenters. The molecule has 0 saturated carbocycles. The number of hydrogen-bond acceptors (Lipinski definition) is 4. The Bertz CT molecular complexity index is 587. The highest BCUT2D eigenvalue weighted by molar-refractivity contribution is 5.94. The fraction of sp³-hybridized carbons (Fsp3) is 0.789. The lowest BCUT2D eigenvalue weighted by Gasteiger charge is -2.32. The molecule has 0 spiro atoms. The van der Waals surface area contributed by atoms with Crippen molar-refractivity contribution in [2.24, 2.45) is 5.92 Å². The second-order valence-electron chi connectivity index (χ2n) is 7.64. The Morgan fingerprint density at radius 1 is 1.20 bits per heavy atom. The lowest BCUT2D eigenvalue weighted by molar-refractivity contribution is -0.00805. The Kier molecular flexibility index (Phi) is 5.36. The lowest BCUT2D eigenvalue weighted by Crippen LogP contribution is -2.41. The molecule has 1 aromatic heterocycles. The van der Waals surface area contributed by atoms with Crippen LogP contribution in [0.25, 0.3) is 0 Å². The maximum absolute atomic E-state index is 12.9. The number of hydrogen-bond donors (Lipinski definition) is 1. The number of rotatable bonds is 4. The van der Waals surface area contributed by atoms with Gasteiger partial charge in [0.1, 0.15) is 0 Å². The van der Waals surface area contributed by atoms with Crippen molar-refractivity contribution in [3.05, 3.63) is 17.0 Å². The van der Waals surface area contributed by atoms with Gasteiger partial charge in [-0.05, 0) is 44.9 Å². The highest BCUT2D eigenvalue weighted by Crippen LogP contribution is 2.24. The van der Waals surface area contributed by atoms with Gasteiger partial charge in [0.2, 0.25) is 0 Å². The molecule has 6 nitrogen and oxygen atoms in total. The maximum atomic E-state index is 12.9. The van der Waals surface area contributed by atoms with E-state index in [2.05, 4.69) is 10.2 Å². The molecule has 1 amide bonds. The van der Waals surface area contributed by atoms with Gasteiger partial charge in [0, 0.05) is 36.9 Å². The van der Waals surface area contributed by atoms with Crippen molar-refractivity contribution >= 4 is 5.91 Å². The van der Waals surface area contributed by atoms with Gasteiger partial charge < -0.3 is 14.4 Å². The van der Waals surface area contributed by atoms with Crippen molar-refractivity contribution in [1.82, 2.24) is 15.1 Å². The normalized spacial score (nSPS) is 25.0. The first-order valence-electron chi connectivity index (χ1n) is 9.86. The fourth-order valence-electron chi connectivity index (χ4n) is 4.20. The number of carbonyl (C=O) groups is 1. The summed E-state index contributed by atoms with van der Waals surface area (Å²) in [5.41, 5.74) is 3.01. The van der Waals surface area contributed by atoms with E-state index in [1.54, 1.807) is 0 Å². The van der Waals surface area contributed by atoms with Crippen LogP contribution in [0.2, 0.25) is 0 Å². The third-order valence-corrected chi connectivity index (χ3v) is 5.83. The number of fused-ring (bicyclic) bond motifs is 1. The standard InChI is InChI=1S/C19H29N3O3/c23-19(18-16-4-2-1-3-5-17(16)20-21-18)22-9-6-15(7-10-22)25-13-14-8-11-24-12-14/h14-15H,1-13H2,(H,20,21)/t14-/m1/s1. The molecule has 2 fully saturated rings. The molecule has 2 saturated heterocycles. The number of likely N-dealkylation sites (tertiary alicyclic amines) is 1. The van der Waals surface area contributed by atoms with Crippen LogP contribution in [0.1, 0.15) is 60.3 Å². The molecular weight excluding hydrogens is 318 g/mol. The molecule has 3 aliphatic rings. The molecule has 2 aliphatic heterocycles. The first-order chi connectivity index (χ1) is 12.3. The van der Waals surface area contributed by atoms with Crippen LogP contribution in [0.4, 0.5) is 0 Å². The van der Waals surface area contributed by atoms with Gasteiger partial charge in [-0.1, -0.05) is 6.42 Å². The van der Waals surface area contributed by atoms with E-state index in [1.807, 2.05) is 4.90 Å². The van der Waals surface area contributed by atoms with Crippen molar-refractivity contribution < 1.29 is 14.3 Å². The second-order valence-corrected chi connectivity index (χ2v) is 7.64. The Morgan fingerprint density at radius 3 is 2.84 bits per heavy atom. The number of carbonyl (C=O) groups excluding carboxylic acids is 1. The predicted octanol–water partition coefficient (Wildman–Crippen LogP) is 2.34. The lowest BCUT2D eigenvalue weighted by atomic mass is 10.0. The summed E-state index contributed by atoms with van der Waals surface area (Å²) >= 11 is 0. The van der Waals surface area contributed by atoms with Crippen LogP contribution in [0, 0.1) is 5.92 Å². The van der Waals surface area contributed by atoms with Crippen molar-refractivity contribution in [2.75, 3.05) is 32.9 Å². The third kappa shape index (κ3) is 3.90. The minimum Gasteiger partial charge on any atom is -0.381 e. The number of amides is 1. The predicted molar refractivity (Wildman–Crippen MR) is 93.7 cm³/mol. The summed E-state index contributed by atoms with van der Waals surface area (Å²) in [6.07, 6.45) is 8.84. The van der Waals surface area contributed by atoms with Gasteiger partial charge in [0.15, 0.2) is 5.69 Å². The van der Waals surface area contributed by atoms with Gasteiger partial charge in [-0.2, -0.15) is 5.10 Å². The van der Waals surface area contributed by atoms with E-state index < -0.39 is 0 Å². The number of ether oxygens (including phenoxy) is 2. The van der Waals surface area contributed by atoms with Crippen LogP contribution >= 0.6 is 0 Å². The molecule has 1 aliphatic carbocycles. The van der Waals surface area contributed by atoms with Crippen LogP contribution in [-0.2, 0) is 22.3 Å². The molecule has 1 atom stereocenters. The summed E-state index contributed by atoms with van der Waals surface area (Å²) in [6.45, 7) is 4.04. The molecule has 0 aromatic carbocycles. The summed E-state index contributed by atoms with van der Waals surface area (Å²) < 4.78 is 11.5. The SMILES string of the molecule is O=C(c1n[nH]c2c1CCCCC2)N1CCC(OC[C@@H]2CCOC2)CC1. The van der Waals surface area contributed by atoms with E-state index in [4.69, 9.17) is 9.47 Å². The van der Waals surface area contributed by atoms with Gasteiger partial charge in [-0.3, -0.25) is 9.89 Å². The van der Waals surface area contributed by atoms with Gasteiger partial charge in [-0.25, -0.2) is 0 Å². The zero-order valence-electron chi connectivity index (χ0n) is 15.0. The summed E-state index contributed by atoms with van der Waals surface area (Å²) in [6, 6.07) is 0. The van der Waals surface area contributed by atoms with Crippen LogP contribution in [0.5, 0.6) is 0 Å². The number of aromatic amines is 1. The monoisotopic (exact) mass is 347 g/mol. The summed E-state index contributed by atoms with van der Waals surface area (Å²) in [5, 5.41) is 7.47.